The molecule has 0 radical (unpaired) electrons. The summed E-state index contributed by atoms with van der Waals surface area (Å²) in [5.41, 5.74) is 2.03. The van der Waals surface area contributed by atoms with Gasteiger partial charge in [-0.05, 0) is 62.5 Å². The van der Waals surface area contributed by atoms with E-state index in [-0.39, 0.29) is 10.9 Å². The number of nitrogens with one attached hydrogen (secondary N) is 1. The van der Waals surface area contributed by atoms with Crippen molar-refractivity contribution >= 4 is 61.7 Å². The fraction of sp³-hybridized carbons (Fsp3) is 0.261. The molecule has 9 nitrogen and oxygen atoms in total. The van der Waals surface area contributed by atoms with Crippen molar-refractivity contribution in [1.82, 2.24) is 9.88 Å². The number of hydrogen-bond acceptors (Lipinski definition) is 8. The second-order valence-corrected chi connectivity index (χ2v) is 11.0. The predicted molar refractivity (Wildman–Crippen MR) is 143 cm³/mol. The molecule has 1 N–H and O–H groups in total. The molecule has 1 aliphatic heterocycles. The van der Waals surface area contributed by atoms with Gasteiger partial charge in [0.2, 0.25) is 0 Å². The van der Waals surface area contributed by atoms with Gasteiger partial charge in [0.15, 0.2) is 10.3 Å². The Labute approximate surface area is 214 Å². The van der Waals surface area contributed by atoms with E-state index in [0.29, 0.717) is 34.5 Å². The molecule has 2 heterocycles. The summed E-state index contributed by atoms with van der Waals surface area (Å²) in [6, 6.07) is 13.9. The smallest absolute Gasteiger partial charge is 0.311 e. The lowest BCUT2D eigenvalue weighted by Crippen LogP contribution is -2.35. The molecule has 1 aromatic heterocycles. The standard InChI is InChI=1S/C23H25N5O4S3/c1-15-16(2)32-21(24-15)27(3)35(29,30)18-11-9-17(10-12-18)25-22(33)28-13-14-34-23(28)26-19-7-5-6-8-20(19)31-4/h5-12H,13-14H2,1-4H3,(H,25,33). The summed E-state index contributed by atoms with van der Waals surface area (Å²) in [5.74, 6) is 2.10. The minimum Gasteiger partial charge on any atom is -0.494 e. The summed E-state index contributed by atoms with van der Waals surface area (Å²) in [5, 5.41) is 4.41. The average molecular weight is 532 g/mol. The van der Waals surface area contributed by atoms with Crippen LogP contribution in [0.2, 0.25) is 0 Å². The van der Waals surface area contributed by atoms with E-state index < -0.39 is 10.0 Å². The SMILES string of the molecule is COc1ccccc1N=C1SCCN1C(=S)Nc1ccc(S(=O)(=O)N(C)c2nc(C)c(C)o2)cc1. The Bertz CT molecular complexity index is 1350. The lowest BCUT2D eigenvalue weighted by atomic mass is 10.3. The Hall–Kier alpha value is -3.09. The molecule has 0 aliphatic carbocycles. The number of benzene rings is 2. The highest BCUT2D eigenvalue weighted by Gasteiger charge is 2.26. The van der Waals surface area contributed by atoms with Gasteiger partial charge in [0.25, 0.3) is 10.0 Å². The largest absolute Gasteiger partial charge is 0.494 e. The van der Waals surface area contributed by atoms with Gasteiger partial charge in [0.1, 0.15) is 17.2 Å². The maximum Gasteiger partial charge on any atom is 0.311 e. The van der Waals surface area contributed by atoms with E-state index in [2.05, 4.69) is 10.3 Å². The second kappa shape index (κ2) is 10.3. The molecule has 184 valence electrons. The second-order valence-electron chi connectivity index (χ2n) is 7.63. The van der Waals surface area contributed by atoms with E-state index in [4.69, 9.17) is 26.4 Å². The highest BCUT2D eigenvalue weighted by molar-refractivity contribution is 8.14. The van der Waals surface area contributed by atoms with Gasteiger partial charge in [0, 0.05) is 25.0 Å². The van der Waals surface area contributed by atoms with E-state index >= 15 is 0 Å². The summed E-state index contributed by atoms with van der Waals surface area (Å²) < 4.78 is 37.9. The quantitative estimate of drug-likeness (QED) is 0.459. The van der Waals surface area contributed by atoms with Crippen molar-refractivity contribution in [2.24, 2.45) is 4.99 Å². The molecule has 0 unspecified atom stereocenters. The van der Waals surface area contributed by atoms with Crippen LogP contribution in [0.4, 0.5) is 17.4 Å². The number of thioether (sulfide) groups is 1. The number of sulfonamides is 1. The van der Waals surface area contributed by atoms with Crippen molar-refractivity contribution in [3.05, 3.63) is 60.0 Å². The van der Waals surface area contributed by atoms with E-state index in [1.165, 1.54) is 19.2 Å². The topological polar surface area (TPSA) is 100 Å². The number of hydrogen-bond donors (Lipinski definition) is 1. The highest BCUT2D eigenvalue weighted by atomic mass is 32.2. The van der Waals surface area contributed by atoms with Crippen LogP contribution in [-0.2, 0) is 10.0 Å². The normalized spacial score (nSPS) is 14.9. The number of ether oxygens (including phenoxy) is 1. The Balaban J connectivity index is 1.48. The molecule has 0 saturated carbocycles. The number of oxazole rings is 1. The molecule has 0 spiro atoms. The number of methoxy groups -OCH3 is 1. The summed E-state index contributed by atoms with van der Waals surface area (Å²) in [4.78, 5) is 10.9. The van der Waals surface area contributed by atoms with Crippen molar-refractivity contribution in [3.8, 4) is 5.75 Å². The molecule has 0 atom stereocenters. The third kappa shape index (κ3) is 5.29. The number of para-hydroxylation sites is 2. The molecule has 3 aromatic rings. The first-order valence-corrected chi connectivity index (χ1v) is 13.5. The van der Waals surface area contributed by atoms with Crippen LogP contribution in [0.5, 0.6) is 5.75 Å². The molecule has 1 saturated heterocycles. The van der Waals surface area contributed by atoms with Crippen LogP contribution >= 0.6 is 24.0 Å². The van der Waals surface area contributed by atoms with Crippen molar-refractivity contribution in [2.45, 2.75) is 18.7 Å². The average Bonchev–Trinajstić information content (AvgIpc) is 3.45. The summed E-state index contributed by atoms with van der Waals surface area (Å²) >= 11 is 7.23. The number of thiocarbonyl (C=S) groups is 1. The van der Waals surface area contributed by atoms with Crippen LogP contribution < -0.4 is 14.4 Å². The van der Waals surface area contributed by atoms with Gasteiger partial charge < -0.3 is 14.5 Å². The zero-order valence-electron chi connectivity index (χ0n) is 19.7. The van der Waals surface area contributed by atoms with Gasteiger partial charge in [-0.15, -0.1) is 0 Å². The first-order valence-electron chi connectivity index (χ1n) is 10.7. The molecular weight excluding hydrogens is 506 g/mol. The van der Waals surface area contributed by atoms with Crippen LogP contribution in [0.25, 0.3) is 0 Å². The monoisotopic (exact) mass is 531 g/mol. The van der Waals surface area contributed by atoms with Crippen molar-refractivity contribution < 1.29 is 17.6 Å². The van der Waals surface area contributed by atoms with Gasteiger partial charge in [0.05, 0.1) is 17.7 Å². The first kappa shape index (κ1) is 25.0. The Kier molecular flexibility index (Phi) is 7.33. The summed E-state index contributed by atoms with van der Waals surface area (Å²) in [6.45, 7) is 4.20. The lowest BCUT2D eigenvalue weighted by Gasteiger charge is -2.20. The van der Waals surface area contributed by atoms with Gasteiger partial charge >= 0.3 is 6.01 Å². The molecule has 2 aromatic carbocycles. The summed E-state index contributed by atoms with van der Waals surface area (Å²) in [7, 11) is -0.812. The molecular formula is C23H25N5O4S3. The maximum atomic E-state index is 13.0. The summed E-state index contributed by atoms with van der Waals surface area (Å²) in [6.07, 6.45) is 0. The fourth-order valence-electron chi connectivity index (χ4n) is 3.26. The highest BCUT2D eigenvalue weighted by Crippen LogP contribution is 2.30. The van der Waals surface area contributed by atoms with E-state index in [1.54, 1.807) is 44.9 Å². The van der Waals surface area contributed by atoms with Crippen LogP contribution in [0.1, 0.15) is 11.5 Å². The molecule has 1 fully saturated rings. The van der Waals surface area contributed by atoms with Crippen LogP contribution in [-0.4, -0.2) is 55.0 Å². The molecule has 12 heteroatoms. The van der Waals surface area contributed by atoms with Crippen molar-refractivity contribution in [3.63, 3.8) is 0 Å². The van der Waals surface area contributed by atoms with Gasteiger partial charge in [-0.25, -0.2) is 17.7 Å². The zero-order valence-corrected chi connectivity index (χ0v) is 22.1. The van der Waals surface area contributed by atoms with Crippen LogP contribution in [0, 0.1) is 13.8 Å². The Morgan fingerprint density at radius 3 is 2.60 bits per heavy atom. The van der Waals surface area contributed by atoms with E-state index in [9.17, 15) is 8.42 Å². The van der Waals surface area contributed by atoms with Gasteiger partial charge in [-0.1, -0.05) is 23.9 Å². The van der Waals surface area contributed by atoms with E-state index in [0.717, 1.165) is 20.9 Å². The van der Waals surface area contributed by atoms with Crippen molar-refractivity contribution in [1.29, 1.82) is 0 Å². The zero-order chi connectivity index (χ0) is 25.2. The Morgan fingerprint density at radius 1 is 1.23 bits per heavy atom. The molecule has 35 heavy (non-hydrogen) atoms. The number of aliphatic imine (C=N–C) groups is 1. The molecule has 1 aliphatic rings. The molecule has 0 bridgehead atoms. The maximum absolute atomic E-state index is 13.0. The van der Waals surface area contributed by atoms with Crippen LogP contribution in [0.15, 0.2) is 62.8 Å². The third-order valence-corrected chi connectivity index (χ3v) is 8.40. The Morgan fingerprint density at radius 2 is 1.94 bits per heavy atom. The number of rotatable bonds is 6. The number of aryl methyl sites for hydroxylation is 2. The third-order valence-electron chi connectivity index (χ3n) is 5.37. The first-order chi connectivity index (χ1) is 16.7. The molecule has 4 rings (SSSR count). The van der Waals surface area contributed by atoms with Crippen molar-refractivity contribution in [2.75, 3.05) is 36.1 Å². The number of aromatic nitrogens is 1. The lowest BCUT2D eigenvalue weighted by molar-refractivity contribution is 0.416. The van der Waals surface area contributed by atoms with E-state index in [1.807, 2.05) is 29.2 Å². The van der Waals surface area contributed by atoms with Gasteiger partial charge in [-0.3, -0.25) is 4.90 Å². The predicted octanol–water partition coefficient (Wildman–Crippen LogP) is 4.56. The minimum absolute atomic E-state index is 0.0248. The van der Waals surface area contributed by atoms with Gasteiger partial charge in [-0.2, -0.15) is 4.98 Å². The minimum atomic E-state index is -3.83. The van der Waals surface area contributed by atoms with Crippen LogP contribution in [0.3, 0.4) is 0 Å². The molecule has 0 amide bonds. The number of amidine groups is 1. The number of anilines is 2. The number of nitrogens with zero attached hydrogens (tertiary/aromatic N) is 4. The fourth-order valence-corrected chi connectivity index (χ4v) is 5.65.